The van der Waals surface area contributed by atoms with Gasteiger partial charge in [0.15, 0.2) is 5.44 Å². The van der Waals surface area contributed by atoms with Crippen molar-refractivity contribution in [2.75, 3.05) is 26.4 Å². The fraction of sp³-hybridized carbons (Fsp3) is 0.500. The maximum Gasteiger partial charge on any atom is 0.384 e. The summed E-state index contributed by atoms with van der Waals surface area (Å²) in [7, 11) is -7.78. The Morgan fingerprint density at radius 2 is 1.30 bits per heavy atom. The van der Waals surface area contributed by atoms with Gasteiger partial charge in [0.25, 0.3) is 0 Å². The molecule has 0 aliphatic carbocycles. The zero-order valence-electron chi connectivity index (χ0n) is 15.9. The van der Waals surface area contributed by atoms with Crippen LogP contribution in [-0.2, 0) is 27.2 Å². The van der Waals surface area contributed by atoms with Crippen LogP contribution in [0.4, 0.5) is 0 Å². The van der Waals surface area contributed by atoms with Crippen molar-refractivity contribution in [1.29, 1.82) is 0 Å². The van der Waals surface area contributed by atoms with Crippen LogP contribution >= 0.6 is 15.2 Å². The Hall–Kier alpha value is -1.34. The Bertz CT molecular complexity index is 807. The molecule has 0 fully saturated rings. The van der Waals surface area contributed by atoms with Crippen molar-refractivity contribution < 1.29 is 27.2 Å². The summed E-state index contributed by atoms with van der Waals surface area (Å²) >= 11 is 0. The van der Waals surface area contributed by atoms with Gasteiger partial charge in [-0.3, -0.25) is 9.13 Å². The minimum atomic E-state index is -3.90. The van der Waals surface area contributed by atoms with Crippen molar-refractivity contribution in [1.82, 2.24) is 15.0 Å². The van der Waals surface area contributed by atoms with Gasteiger partial charge in [0, 0.05) is 0 Å². The lowest BCUT2D eigenvalue weighted by Gasteiger charge is -2.21. The van der Waals surface area contributed by atoms with Crippen LogP contribution in [-0.4, -0.2) is 41.4 Å². The summed E-state index contributed by atoms with van der Waals surface area (Å²) in [5, 5.41) is 8.05. The van der Waals surface area contributed by atoms with Crippen LogP contribution in [0.1, 0.15) is 27.7 Å². The number of para-hydroxylation sites is 1. The first-order valence-electron chi connectivity index (χ1n) is 8.76. The van der Waals surface area contributed by atoms with Crippen molar-refractivity contribution in [3.63, 3.8) is 0 Å². The van der Waals surface area contributed by atoms with E-state index in [-0.39, 0.29) is 37.3 Å². The normalized spacial score (nSPS) is 12.4. The van der Waals surface area contributed by atoms with Gasteiger partial charge in [0.2, 0.25) is 5.44 Å². The van der Waals surface area contributed by atoms with E-state index in [1.807, 2.05) is 6.07 Å². The van der Waals surface area contributed by atoms with Gasteiger partial charge in [-0.1, -0.05) is 23.4 Å². The topological polar surface area (TPSA) is 102 Å². The second kappa shape index (κ2) is 9.73. The summed E-state index contributed by atoms with van der Waals surface area (Å²) in [6, 6.07) is 8.90. The van der Waals surface area contributed by atoms with E-state index in [2.05, 4.69) is 10.3 Å². The Labute approximate surface area is 159 Å². The maximum absolute atomic E-state index is 13.6. The highest BCUT2D eigenvalue weighted by atomic mass is 31.2. The molecule has 0 bridgehead atoms. The van der Waals surface area contributed by atoms with Crippen LogP contribution in [0, 0.1) is 0 Å². The van der Waals surface area contributed by atoms with E-state index >= 15 is 0 Å². The second-order valence-electron chi connectivity index (χ2n) is 5.15. The van der Waals surface area contributed by atoms with E-state index in [1.54, 1.807) is 52.0 Å². The molecule has 0 atom stereocenters. The molecule has 1 aromatic carbocycles. The minimum absolute atomic E-state index is 0.0531. The van der Waals surface area contributed by atoms with Crippen molar-refractivity contribution in [2.45, 2.75) is 27.7 Å². The summed E-state index contributed by atoms with van der Waals surface area (Å²) in [6.45, 7) is 7.19. The van der Waals surface area contributed by atoms with E-state index in [9.17, 15) is 9.13 Å². The van der Waals surface area contributed by atoms with E-state index in [1.165, 1.54) is 4.68 Å². The highest BCUT2D eigenvalue weighted by Gasteiger charge is 2.45. The molecule has 0 spiro atoms. The van der Waals surface area contributed by atoms with Crippen molar-refractivity contribution >= 4 is 26.1 Å². The molecule has 2 rings (SSSR count). The molecule has 1 heterocycles. The first-order chi connectivity index (χ1) is 13.0. The van der Waals surface area contributed by atoms with Crippen LogP contribution < -0.4 is 10.9 Å². The number of hydrogen-bond acceptors (Lipinski definition) is 8. The van der Waals surface area contributed by atoms with Crippen LogP contribution in [0.15, 0.2) is 30.3 Å². The van der Waals surface area contributed by atoms with Gasteiger partial charge in [0.1, 0.15) is 0 Å². The molecule has 9 nitrogen and oxygen atoms in total. The summed E-state index contributed by atoms with van der Waals surface area (Å²) < 4.78 is 49.9. The molecule has 0 aliphatic heterocycles. The summed E-state index contributed by atoms with van der Waals surface area (Å²) in [5.74, 6) is 0. The van der Waals surface area contributed by atoms with Gasteiger partial charge in [-0.15, -0.1) is 5.10 Å². The smallest absolute Gasteiger partial charge is 0.304 e. The van der Waals surface area contributed by atoms with Crippen LogP contribution in [0.3, 0.4) is 0 Å². The third-order valence-electron chi connectivity index (χ3n) is 3.35. The number of rotatable bonds is 11. The SMILES string of the molecule is CCOP(=O)(OCC)c1nnn(-c2ccccc2)c1P(=O)(OCC)OCC. The summed E-state index contributed by atoms with van der Waals surface area (Å²) in [6.07, 6.45) is 0. The average molecular weight is 417 g/mol. The number of benzene rings is 1. The highest BCUT2D eigenvalue weighted by Crippen LogP contribution is 2.52. The molecule has 0 radical (unpaired) electrons. The lowest BCUT2D eigenvalue weighted by atomic mass is 10.3. The predicted molar refractivity (Wildman–Crippen MR) is 102 cm³/mol. The molecule has 0 saturated carbocycles. The Kier molecular flexibility index (Phi) is 7.91. The third-order valence-corrected chi connectivity index (χ3v) is 7.65. The van der Waals surface area contributed by atoms with Gasteiger partial charge in [-0.25, -0.2) is 4.68 Å². The van der Waals surface area contributed by atoms with Gasteiger partial charge in [-0.05, 0) is 39.8 Å². The molecule has 0 amide bonds. The van der Waals surface area contributed by atoms with Crippen LogP contribution in [0.25, 0.3) is 5.69 Å². The molecule has 2 aromatic rings. The lowest BCUT2D eigenvalue weighted by Crippen LogP contribution is -2.33. The fourth-order valence-corrected chi connectivity index (χ4v) is 6.33. The minimum Gasteiger partial charge on any atom is -0.304 e. The summed E-state index contributed by atoms with van der Waals surface area (Å²) in [5.41, 5.74) is 0.341. The molecule has 0 unspecified atom stereocenters. The van der Waals surface area contributed by atoms with E-state index in [4.69, 9.17) is 18.1 Å². The molecule has 11 heteroatoms. The van der Waals surface area contributed by atoms with E-state index < -0.39 is 15.2 Å². The predicted octanol–water partition coefficient (Wildman–Crippen LogP) is 3.05. The van der Waals surface area contributed by atoms with Gasteiger partial charge in [-0.2, -0.15) is 0 Å². The molecule has 0 aliphatic rings. The van der Waals surface area contributed by atoms with Crippen molar-refractivity contribution in [2.24, 2.45) is 0 Å². The Morgan fingerprint density at radius 3 is 1.78 bits per heavy atom. The molecule has 150 valence electrons. The monoisotopic (exact) mass is 417 g/mol. The summed E-state index contributed by atoms with van der Waals surface area (Å²) in [4.78, 5) is 0. The van der Waals surface area contributed by atoms with E-state index in [0.29, 0.717) is 5.69 Å². The zero-order chi connectivity index (χ0) is 19.9. The second-order valence-corrected chi connectivity index (χ2v) is 9.02. The first kappa shape index (κ1) is 22.0. The molecular weight excluding hydrogens is 392 g/mol. The first-order valence-corrected chi connectivity index (χ1v) is 11.8. The molecule has 27 heavy (non-hydrogen) atoms. The lowest BCUT2D eigenvalue weighted by molar-refractivity contribution is 0.225. The third kappa shape index (κ3) is 4.74. The fourth-order valence-electron chi connectivity index (χ4n) is 2.43. The van der Waals surface area contributed by atoms with Gasteiger partial charge >= 0.3 is 15.2 Å². The molecular formula is C16H25N3O6P2. The van der Waals surface area contributed by atoms with Crippen molar-refractivity contribution in [3.05, 3.63) is 30.3 Å². The average Bonchev–Trinajstić information content (AvgIpc) is 3.10. The quantitative estimate of drug-likeness (QED) is 0.514. The van der Waals surface area contributed by atoms with Gasteiger partial charge in [0.05, 0.1) is 32.1 Å². The zero-order valence-corrected chi connectivity index (χ0v) is 17.7. The number of hydrogen-bond donors (Lipinski definition) is 0. The van der Waals surface area contributed by atoms with Crippen LogP contribution in [0.2, 0.25) is 0 Å². The highest BCUT2D eigenvalue weighted by molar-refractivity contribution is 7.68. The maximum atomic E-state index is 13.6. The largest absolute Gasteiger partial charge is 0.384 e. The number of nitrogens with zero attached hydrogens (tertiary/aromatic N) is 3. The van der Waals surface area contributed by atoms with Crippen molar-refractivity contribution in [3.8, 4) is 5.69 Å². The molecule has 0 N–H and O–H groups in total. The van der Waals surface area contributed by atoms with Gasteiger partial charge < -0.3 is 18.1 Å². The van der Waals surface area contributed by atoms with E-state index in [0.717, 1.165) is 0 Å². The Morgan fingerprint density at radius 1 is 0.815 bits per heavy atom. The molecule has 0 saturated heterocycles. The Balaban J connectivity index is 2.77. The van der Waals surface area contributed by atoms with Crippen LogP contribution in [0.5, 0.6) is 0 Å². The number of aromatic nitrogens is 3. The molecule has 1 aromatic heterocycles. The standard InChI is InChI=1S/C16H25N3O6P2/c1-5-22-26(20,23-6-2)15-16(27(21,24-7-3)25-8-4)19(18-17-15)14-12-10-9-11-13-14/h9-13H,5-8H2,1-4H3.